The Hall–Kier alpha value is -0.240. The highest BCUT2D eigenvalue weighted by Crippen LogP contribution is 2.45. The quantitative estimate of drug-likeness (QED) is 0.528. The maximum Gasteiger partial charge on any atom is 0.0754 e. The monoisotopic (exact) mass is 491 g/mol. The van der Waals surface area contributed by atoms with E-state index >= 15 is 0 Å². The zero-order valence-electron chi connectivity index (χ0n) is 24.1. The number of likely N-dealkylation sites (tertiary alicyclic amines) is 2. The normalized spacial score (nSPS) is 41.4. The van der Waals surface area contributed by atoms with Gasteiger partial charge in [-0.15, -0.1) is 0 Å². The molecule has 5 saturated heterocycles. The molecule has 0 radical (unpaired) electrons. The van der Waals surface area contributed by atoms with E-state index in [4.69, 9.17) is 14.2 Å². The third kappa shape index (κ3) is 4.74. The fourth-order valence-electron chi connectivity index (χ4n) is 8.65. The number of rotatable bonds is 7. The van der Waals surface area contributed by atoms with Gasteiger partial charge in [0.05, 0.1) is 38.1 Å². The van der Waals surface area contributed by atoms with E-state index in [1.165, 1.54) is 25.7 Å². The number of hydrogen-bond acceptors (Lipinski definition) is 6. The molecule has 5 aliphatic rings. The first-order valence-corrected chi connectivity index (χ1v) is 14.4. The molecule has 7 atom stereocenters. The van der Waals surface area contributed by atoms with Crippen molar-refractivity contribution < 1.29 is 14.2 Å². The number of nitrogens with zero attached hydrogens (tertiary/aromatic N) is 3. The Labute approximate surface area is 215 Å². The van der Waals surface area contributed by atoms with Gasteiger partial charge in [-0.3, -0.25) is 14.7 Å². The summed E-state index contributed by atoms with van der Waals surface area (Å²) in [5.41, 5.74) is 0.536. The number of morpholine rings is 3. The van der Waals surface area contributed by atoms with E-state index in [1.807, 2.05) is 0 Å². The van der Waals surface area contributed by atoms with Crippen molar-refractivity contribution in [2.24, 2.45) is 0 Å². The second-order valence-electron chi connectivity index (χ2n) is 14.9. The summed E-state index contributed by atoms with van der Waals surface area (Å²) < 4.78 is 18.7. The second-order valence-corrected chi connectivity index (χ2v) is 14.9. The van der Waals surface area contributed by atoms with E-state index in [1.54, 1.807) is 0 Å². The molecule has 0 aromatic heterocycles. The molecule has 5 rings (SSSR count). The van der Waals surface area contributed by atoms with Crippen LogP contribution < -0.4 is 0 Å². The molecule has 0 amide bonds. The third-order valence-electron chi connectivity index (χ3n) is 10.3. The molecular weight excluding hydrogens is 438 g/mol. The van der Waals surface area contributed by atoms with Crippen molar-refractivity contribution in [1.82, 2.24) is 14.7 Å². The zero-order valence-corrected chi connectivity index (χ0v) is 24.1. The Morgan fingerprint density at radius 2 is 1.69 bits per heavy atom. The van der Waals surface area contributed by atoms with Crippen LogP contribution in [0.5, 0.6) is 0 Å². The lowest BCUT2D eigenvalue weighted by molar-refractivity contribution is -0.139. The Morgan fingerprint density at radius 3 is 2.31 bits per heavy atom. The van der Waals surface area contributed by atoms with Crippen LogP contribution in [0.1, 0.15) is 94.4 Å². The highest BCUT2D eigenvalue weighted by atomic mass is 16.5. The molecule has 0 aliphatic carbocycles. The van der Waals surface area contributed by atoms with Gasteiger partial charge in [0.25, 0.3) is 0 Å². The lowest BCUT2D eigenvalue weighted by atomic mass is 9.83. The second kappa shape index (κ2) is 8.91. The van der Waals surface area contributed by atoms with Crippen LogP contribution in [0.2, 0.25) is 0 Å². The maximum atomic E-state index is 6.64. The van der Waals surface area contributed by atoms with Gasteiger partial charge in [-0.05, 0) is 94.4 Å². The predicted molar refractivity (Wildman–Crippen MR) is 141 cm³/mol. The summed E-state index contributed by atoms with van der Waals surface area (Å²) in [7, 11) is 0. The van der Waals surface area contributed by atoms with Gasteiger partial charge < -0.3 is 14.2 Å². The number of fused-ring (bicyclic) bond motifs is 4. The van der Waals surface area contributed by atoms with Crippen molar-refractivity contribution in [2.75, 3.05) is 32.9 Å². The largest absolute Gasteiger partial charge is 0.378 e. The molecule has 5 aliphatic heterocycles. The zero-order chi connectivity index (χ0) is 25.4. The fraction of sp³-hybridized carbons (Fsp3) is 1.00. The lowest BCUT2D eigenvalue weighted by Gasteiger charge is -2.54. The minimum atomic E-state index is 0.0245. The Kier molecular flexibility index (Phi) is 6.71. The van der Waals surface area contributed by atoms with Crippen molar-refractivity contribution in [3.05, 3.63) is 0 Å². The highest BCUT2D eigenvalue weighted by Gasteiger charge is 2.55. The van der Waals surface area contributed by atoms with Crippen molar-refractivity contribution >= 4 is 0 Å². The predicted octanol–water partition coefficient (Wildman–Crippen LogP) is 4.31. The Bertz CT molecular complexity index is 778. The first kappa shape index (κ1) is 26.4. The molecule has 0 aromatic carbocycles. The molecule has 0 aromatic rings. The fourth-order valence-corrected chi connectivity index (χ4v) is 8.65. The average molecular weight is 492 g/mol. The van der Waals surface area contributed by atoms with Crippen LogP contribution in [-0.4, -0.2) is 106 Å². The number of ether oxygens (including phenoxy) is 3. The molecule has 6 heteroatoms. The van der Waals surface area contributed by atoms with Crippen molar-refractivity contribution in [1.29, 1.82) is 0 Å². The average Bonchev–Trinajstić information content (AvgIpc) is 3.52. The van der Waals surface area contributed by atoms with E-state index in [0.717, 1.165) is 39.3 Å². The van der Waals surface area contributed by atoms with Gasteiger partial charge in [0, 0.05) is 53.4 Å². The SMILES string of the molecule is CC1C2CC(CO2)N1C(C)(C)CCC(C)(C)N1CC2CC1C(CC1(C)COCCN1C(C)(C)C)O2. The number of hydrogen-bond donors (Lipinski definition) is 0. The van der Waals surface area contributed by atoms with Crippen molar-refractivity contribution in [2.45, 2.75) is 153 Å². The molecule has 0 saturated carbocycles. The first-order valence-electron chi connectivity index (χ1n) is 14.4. The van der Waals surface area contributed by atoms with Gasteiger partial charge in [-0.25, -0.2) is 0 Å². The standard InChI is InChI=1S/C29H53N3O3/c1-20-24-14-21(18-34-24)32(20)28(7,8)11-10-27(5,6)30-17-22-15-23(30)25(35-22)16-29(9)19-33-13-12-31(29)26(2,3)4/h20-25H,10-19H2,1-9H3. The van der Waals surface area contributed by atoms with E-state index in [0.29, 0.717) is 36.4 Å². The Balaban J connectivity index is 1.24. The van der Waals surface area contributed by atoms with Gasteiger partial charge in [0.1, 0.15) is 0 Å². The van der Waals surface area contributed by atoms with Crippen molar-refractivity contribution in [3.8, 4) is 0 Å². The summed E-state index contributed by atoms with van der Waals surface area (Å²) in [5.74, 6) is 0. The van der Waals surface area contributed by atoms with Gasteiger partial charge in [-0.2, -0.15) is 0 Å². The van der Waals surface area contributed by atoms with Crippen LogP contribution in [0.15, 0.2) is 0 Å². The van der Waals surface area contributed by atoms with Gasteiger partial charge in [0.2, 0.25) is 0 Å². The molecular formula is C29H53N3O3. The van der Waals surface area contributed by atoms with E-state index in [9.17, 15) is 0 Å². The summed E-state index contributed by atoms with van der Waals surface area (Å²) in [6.45, 7) is 26.3. The summed E-state index contributed by atoms with van der Waals surface area (Å²) in [4.78, 5) is 8.27. The molecule has 6 nitrogen and oxygen atoms in total. The topological polar surface area (TPSA) is 37.4 Å². The van der Waals surface area contributed by atoms with Crippen LogP contribution >= 0.6 is 0 Å². The molecule has 202 valence electrons. The Morgan fingerprint density at radius 1 is 0.971 bits per heavy atom. The van der Waals surface area contributed by atoms with Crippen LogP contribution in [0.4, 0.5) is 0 Å². The van der Waals surface area contributed by atoms with Crippen LogP contribution in [0, 0.1) is 0 Å². The van der Waals surface area contributed by atoms with Gasteiger partial charge in [0.15, 0.2) is 0 Å². The highest BCUT2D eigenvalue weighted by molar-refractivity contribution is 5.08. The first-order chi connectivity index (χ1) is 16.2. The maximum absolute atomic E-state index is 6.64. The minimum absolute atomic E-state index is 0.0245. The summed E-state index contributed by atoms with van der Waals surface area (Å²) in [6, 6.07) is 1.67. The smallest absolute Gasteiger partial charge is 0.0754 e. The van der Waals surface area contributed by atoms with Crippen LogP contribution in [-0.2, 0) is 14.2 Å². The molecule has 4 bridgehead atoms. The van der Waals surface area contributed by atoms with Crippen molar-refractivity contribution in [3.63, 3.8) is 0 Å². The molecule has 35 heavy (non-hydrogen) atoms. The third-order valence-corrected chi connectivity index (χ3v) is 10.3. The lowest BCUT2D eigenvalue weighted by Crippen LogP contribution is -2.64. The molecule has 5 fully saturated rings. The van der Waals surface area contributed by atoms with Crippen LogP contribution in [0.25, 0.3) is 0 Å². The van der Waals surface area contributed by atoms with Gasteiger partial charge in [-0.1, -0.05) is 0 Å². The molecule has 0 spiro atoms. The van der Waals surface area contributed by atoms with Gasteiger partial charge >= 0.3 is 0 Å². The van der Waals surface area contributed by atoms with E-state index in [2.05, 4.69) is 77.0 Å². The molecule has 0 N–H and O–H groups in total. The van der Waals surface area contributed by atoms with Crippen LogP contribution in [0.3, 0.4) is 0 Å². The summed E-state index contributed by atoms with van der Waals surface area (Å²) in [6.07, 6.45) is 7.02. The summed E-state index contributed by atoms with van der Waals surface area (Å²) >= 11 is 0. The minimum Gasteiger partial charge on any atom is -0.378 e. The van der Waals surface area contributed by atoms with E-state index < -0.39 is 0 Å². The van der Waals surface area contributed by atoms with E-state index in [-0.39, 0.29) is 22.2 Å². The molecule has 7 unspecified atom stereocenters. The molecule has 5 heterocycles. The summed E-state index contributed by atoms with van der Waals surface area (Å²) in [5, 5.41) is 0.